The van der Waals surface area contributed by atoms with E-state index in [0.717, 1.165) is 60.8 Å². The van der Waals surface area contributed by atoms with Gasteiger partial charge in [0.25, 0.3) is 0 Å². The Balaban J connectivity index is 1.21. The normalized spacial score (nSPS) is 12.0. The van der Waals surface area contributed by atoms with Crippen molar-refractivity contribution in [3.05, 3.63) is 127 Å². The molecule has 0 radical (unpaired) electrons. The number of aryl methyl sites for hydroxylation is 2. The van der Waals surface area contributed by atoms with Gasteiger partial charge in [-0.25, -0.2) is 9.97 Å². The summed E-state index contributed by atoms with van der Waals surface area (Å²) in [6.07, 6.45) is 11.4. The van der Waals surface area contributed by atoms with E-state index in [0.29, 0.717) is 0 Å². The minimum atomic E-state index is 0.752. The number of hydrogen-bond acceptors (Lipinski definition) is 4. The maximum Gasteiger partial charge on any atom is 0.145 e. The van der Waals surface area contributed by atoms with Crippen molar-refractivity contribution in [2.75, 3.05) is 0 Å². The topological polar surface area (TPSA) is 56.7 Å². The Hall–Kier alpha value is -5.75. The van der Waals surface area contributed by atoms with Gasteiger partial charge in [0.2, 0.25) is 0 Å². The number of benzene rings is 4. The van der Waals surface area contributed by atoms with Crippen LogP contribution in [0.1, 0.15) is 11.1 Å². The van der Waals surface area contributed by atoms with Crippen molar-refractivity contribution in [3.63, 3.8) is 0 Å². The summed E-state index contributed by atoms with van der Waals surface area (Å²) in [6, 6.07) is 27.8. The minimum absolute atomic E-state index is 0.752. The van der Waals surface area contributed by atoms with Crippen LogP contribution in [0.2, 0.25) is 0 Å². The molecule has 0 unspecified atom stereocenters. The van der Waals surface area contributed by atoms with E-state index in [1.165, 1.54) is 27.6 Å². The standard InChI is InChI=1S/C37H25N5O/c1-22-4-3-5-23(2)35(22)24-6-11-33-30(18-24)28-10-8-26(20-32(28)36-39-14-16-41(33)36)43-25-7-9-27-29-12-13-38-21-34(29)42-17-15-40-37(42)31(27)19-25/h3-21H,1-2H3. The lowest BCUT2D eigenvalue weighted by Crippen LogP contribution is -1.94. The predicted molar refractivity (Wildman–Crippen MR) is 173 cm³/mol. The zero-order valence-corrected chi connectivity index (χ0v) is 23.6. The quantitative estimate of drug-likeness (QED) is 0.204. The van der Waals surface area contributed by atoms with Gasteiger partial charge in [0.15, 0.2) is 0 Å². The van der Waals surface area contributed by atoms with E-state index in [2.05, 4.69) is 93.3 Å². The summed E-state index contributed by atoms with van der Waals surface area (Å²) in [4.78, 5) is 13.7. The van der Waals surface area contributed by atoms with E-state index < -0.39 is 0 Å². The molecule has 9 rings (SSSR count). The number of pyridine rings is 3. The Kier molecular flexibility index (Phi) is 4.93. The number of imidazole rings is 2. The van der Waals surface area contributed by atoms with Gasteiger partial charge < -0.3 is 4.74 Å². The van der Waals surface area contributed by atoms with Crippen molar-refractivity contribution >= 4 is 54.6 Å². The minimum Gasteiger partial charge on any atom is -0.457 e. The number of aromatic nitrogens is 5. The maximum absolute atomic E-state index is 6.51. The Morgan fingerprint density at radius 1 is 0.558 bits per heavy atom. The van der Waals surface area contributed by atoms with Crippen molar-refractivity contribution in [2.24, 2.45) is 0 Å². The molecular weight excluding hydrogens is 530 g/mol. The van der Waals surface area contributed by atoms with Crippen LogP contribution in [0.5, 0.6) is 11.5 Å². The molecule has 6 heteroatoms. The number of nitrogens with zero attached hydrogens (tertiary/aromatic N) is 5. The third-order valence-corrected chi connectivity index (χ3v) is 8.65. The van der Waals surface area contributed by atoms with E-state index in [4.69, 9.17) is 9.72 Å². The number of rotatable bonds is 3. The van der Waals surface area contributed by atoms with Gasteiger partial charge in [-0.1, -0.05) is 24.3 Å². The lowest BCUT2D eigenvalue weighted by atomic mass is 9.94. The molecule has 0 amide bonds. The number of fused-ring (bicyclic) bond motifs is 12. The van der Waals surface area contributed by atoms with Crippen LogP contribution in [-0.4, -0.2) is 23.8 Å². The fraction of sp³-hybridized carbons (Fsp3) is 0.0541. The van der Waals surface area contributed by atoms with Crippen LogP contribution in [0.25, 0.3) is 65.8 Å². The smallest absolute Gasteiger partial charge is 0.145 e. The van der Waals surface area contributed by atoms with Gasteiger partial charge in [0.1, 0.15) is 22.8 Å². The molecule has 0 saturated carbocycles. The molecule has 0 aliphatic heterocycles. The average Bonchev–Trinajstić information content (AvgIpc) is 3.72. The highest BCUT2D eigenvalue weighted by Crippen LogP contribution is 2.38. The van der Waals surface area contributed by atoms with Crippen molar-refractivity contribution in [3.8, 4) is 22.6 Å². The average molecular weight is 556 g/mol. The third-order valence-electron chi connectivity index (χ3n) is 8.65. The molecule has 43 heavy (non-hydrogen) atoms. The molecule has 0 bridgehead atoms. The highest BCUT2D eigenvalue weighted by molar-refractivity contribution is 6.13. The molecule has 5 aromatic heterocycles. The van der Waals surface area contributed by atoms with E-state index >= 15 is 0 Å². The lowest BCUT2D eigenvalue weighted by Gasteiger charge is -2.14. The first kappa shape index (κ1) is 23.9. The molecule has 9 aromatic rings. The second-order valence-electron chi connectivity index (χ2n) is 11.2. The largest absolute Gasteiger partial charge is 0.457 e. The van der Waals surface area contributed by atoms with Crippen LogP contribution in [0.3, 0.4) is 0 Å². The molecule has 5 heterocycles. The first-order valence-electron chi connectivity index (χ1n) is 14.3. The van der Waals surface area contributed by atoms with Gasteiger partial charge in [-0.2, -0.15) is 0 Å². The molecule has 6 nitrogen and oxygen atoms in total. The first-order chi connectivity index (χ1) is 21.1. The van der Waals surface area contributed by atoms with Gasteiger partial charge >= 0.3 is 0 Å². The van der Waals surface area contributed by atoms with E-state index in [1.807, 2.05) is 55.4 Å². The van der Waals surface area contributed by atoms with Crippen LogP contribution in [-0.2, 0) is 0 Å². The Bertz CT molecular complexity index is 2560. The van der Waals surface area contributed by atoms with Gasteiger partial charge in [0, 0.05) is 52.5 Å². The molecular formula is C37H25N5O. The highest BCUT2D eigenvalue weighted by atomic mass is 16.5. The second kappa shape index (κ2) is 8.87. The van der Waals surface area contributed by atoms with Crippen LogP contribution < -0.4 is 4.74 Å². The van der Waals surface area contributed by atoms with Gasteiger partial charge in [-0.3, -0.25) is 13.8 Å². The van der Waals surface area contributed by atoms with Crippen LogP contribution in [0, 0.1) is 13.8 Å². The molecule has 0 aliphatic rings. The van der Waals surface area contributed by atoms with Crippen LogP contribution in [0.4, 0.5) is 0 Å². The van der Waals surface area contributed by atoms with Crippen molar-refractivity contribution in [2.45, 2.75) is 13.8 Å². The van der Waals surface area contributed by atoms with Crippen molar-refractivity contribution < 1.29 is 4.74 Å². The lowest BCUT2D eigenvalue weighted by molar-refractivity contribution is 0.484. The Labute approximate surface area is 246 Å². The van der Waals surface area contributed by atoms with E-state index in [9.17, 15) is 0 Å². The second-order valence-corrected chi connectivity index (χ2v) is 11.2. The number of ether oxygens (including phenoxy) is 1. The summed E-state index contributed by atoms with van der Waals surface area (Å²) in [5.74, 6) is 1.51. The summed E-state index contributed by atoms with van der Waals surface area (Å²) in [5.41, 5.74) is 9.00. The van der Waals surface area contributed by atoms with Gasteiger partial charge in [-0.15, -0.1) is 0 Å². The monoisotopic (exact) mass is 555 g/mol. The van der Waals surface area contributed by atoms with E-state index in [1.54, 1.807) is 0 Å². The SMILES string of the molecule is Cc1cccc(C)c1-c1ccc2c(c1)c1ccc(Oc3ccc4c5ccncc5n5ccnc5c4c3)cc1c1nccn21. The summed E-state index contributed by atoms with van der Waals surface area (Å²) >= 11 is 0. The summed E-state index contributed by atoms with van der Waals surface area (Å²) in [5, 5.41) is 6.65. The zero-order valence-electron chi connectivity index (χ0n) is 23.6. The first-order valence-corrected chi connectivity index (χ1v) is 14.3. The van der Waals surface area contributed by atoms with E-state index in [-0.39, 0.29) is 0 Å². The van der Waals surface area contributed by atoms with Crippen LogP contribution >= 0.6 is 0 Å². The third kappa shape index (κ3) is 3.50. The summed E-state index contributed by atoms with van der Waals surface area (Å²) in [7, 11) is 0. The van der Waals surface area contributed by atoms with Crippen molar-refractivity contribution in [1.82, 2.24) is 23.8 Å². The molecule has 204 valence electrons. The predicted octanol–water partition coefficient (Wildman–Crippen LogP) is 9.07. The van der Waals surface area contributed by atoms with Crippen LogP contribution in [0.15, 0.2) is 116 Å². The summed E-state index contributed by atoms with van der Waals surface area (Å²) in [6.45, 7) is 4.36. The maximum atomic E-state index is 6.51. The Morgan fingerprint density at radius 3 is 1.91 bits per heavy atom. The molecule has 0 atom stereocenters. The Morgan fingerprint density at radius 2 is 1.21 bits per heavy atom. The summed E-state index contributed by atoms with van der Waals surface area (Å²) < 4.78 is 10.8. The van der Waals surface area contributed by atoms with Crippen molar-refractivity contribution in [1.29, 1.82) is 0 Å². The highest BCUT2D eigenvalue weighted by Gasteiger charge is 2.15. The molecule has 0 saturated heterocycles. The fourth-order valence-corrected chi connectivity index (χ4v) is 6.74. The molecule has 0 aliphatic carbocycles. The molecule has 4 aromatic carbocycles. The molecule has 0 fully saturated rings. The molecule has 0 N–H and O–H groups in total. The zero-order chi connectivity index (χ0) is 28.7. The number of hydrogen-bond donors (Lipinski definition) is 0. The molecule has 0 spiro atoms. The van der Waals surface area contributed by atoms with Gasteiger partial charge in [0.05, 0.1) is 17.2 Å². The van der Waals surface area contributed by atoms with Gasteiger partial charge in [-0.05, 0) is 101 Å². The fourth-order valence-electron chi connectivity index (χ4n) is 6.74.